The van der Waals surface area contributed by atoms with Crippen LogP contribution in [-0.4, -0.2) is 157 Å². The third kappa shape index (κ3) is 10.3. The number of carboxylic acids is 2. The van der Waals surface area contributed by atoms with Crippen LogP contribution in [0.4, 0.5) is 4.79 Å². The van der Waals surface area contributed by atoms with Gasteiger partial charge in [-0.2, -0.15) is 0 Å². The van der Waals surface area contributed by atoms with Crippen molar-refractivity contribution in [2.75, 3.05) is 40.5 Å². The second kappa shape index (κ2) is 19.7. The van der Waals surface area contributed by atoms with E-state index >= 15 is 0 Å². The zero-order chi connectivity index (χ0) is 39.5. The largest absolute Gasteiger partial charge is 0.479 e. The summed E-state index contributed by atoms with van der Waals surface area (Å²) in [5.74, 6) is -4.26. The van der Waals surface area contributed by atoms with Gasteiger partial charge in [-0.3, -0.25) is 9.59 Å². The molecule has 296 valence electrons. The molecule has 2 amide bonds. The molecule has 54 heavy (non-hydrogen) atoms. The highest BCUT2D eigenvalue weighted by Gasteiger charge is 2.55. The van der Waals surface area contributed by atoms with Gasteiger partial charge in [0.1, 0.15) is 30.5 Å². The van der Waals surface area contributed by atoms with Gasteiger partial charge in [0.2, 0.25) is 5.91 Å². The minimum absolute atomic E-state index is 0.0269. The Morgan fingerprint density at radius 2 is 1.33 bits per heavy atom. The fourth-order valence-electron chi connectivity index (χ4n) is 5.81. The first-order chi connectivity index (χ1) is 25.8. The summed E-state index contributed by atoms with van der Waals surface area (Å²) in [7, 11) is 2.17. The van der Waals surface area contributed by atoms with Crippen LogP contribution in [0.15, 0.2) is 54.6 Å². The molecule has 0 aromatic heterocycles. The molecule has 0 spiro atoms. The van der Waals surface area contributed by atoms with Gasteiger partial charge in [0.15, 0.2) is 36.7 Å². The zero-order valence-electron chi connectivity index (χ0n) is 29.5. The number of carbonyl (C=O) groups excluding carboxylic acids is 3. The number of rotatable bonds is 17. The molecule has 4 rings (SSSR count). The number of aliphatic hydroxyl groups is 3. The third-order valence-electron chi connectivity index (χ3n) is 8.73. The lowest BCUT2D eigenvalue weighted by molar-refractivity contribution is -0.348. The average Bonchev–Trinajstić information content (AvgIpc) is 3.17. The fourth-order valence-corrected chi connectivity index (χ4v) is 5.81. The van der Waals surface area contributed by atoms with E-state index in [1.54, 1.807) is 55.5 Å². The topological polar surface area (TPSA) is 275 Å². The van der Waals surface area contributed by atoms with Gasteiger partial charge in [-0.1, -0.05) is 48.5 Å². The Hall–Kier alpha value is -4.57. The maximum absolute atomic E-state index is 12.8. The van der Waals surface area contributed by atoms with Crippen molar-refractivity contribution in [1.82, 2.24) is 10.6 Å². The highest BCUT2D eigenvalue weighted by molar-refractivity contribution is 6.09. The number of alkyl carbamates (subject to hydrolysis) is 1. The third-order valence-corrected chi connectivity index (χ3v) is 8.73. The van der Waals surface area contributed by atoms with Crippen molar-refractivity contribution in [3.63, 3.8) is 0 Å². The second-order valence-corrected chi connectivity index (χ2v) is 12.3. The molecule has 0 radical (unpaired) electrons. The Balaban J connectivity index is 1.23. The molecule has 2 fully saturated rings. The maximum Gasteiger partial charge on any atom is 0.407 e. The molecule has 19 heteroatoms. The summed E-state index contributed by atoms with van der Waals surface area (Å²) in [4.78, 5) is 61.9. The molecule has 19 nitrogen and oxygen atoms in total. The summed E-state index contributed by atoms with van der Waals surface area (Å²) >= 11 is 0. The molecule has 0 saturated carbocycles. The van der Waals surface area contributed by atoms with Crippen LogP contribution in [0.25, 0.3) is 0 Å². The number of nitrogens with one attached hydrogen (secondary N) is 2. The van der Waals surface area contributed by atoms with Gasteiger partial charge in [-0.25, -0.2) is 14.4 Å². The first-order valence-electron chi connectivity index (χ1n) is 16.8. The van der Waals surface area contributed by atoms with Crippen LogP contribution in [0, 0.1) is 0 Å². The van der Waals surface area contributed by atoms with Crippen molar-refractivity contribution in [3.8, 4) is 0 Å². The van der Waals surface area contributed by atoms with Gasteiger partial charge >= 0.3 is 18.0 Å². The minimum Gasteiger partial charge on any atom is -0.479 e. The Kier molecular flexibility index (Phi) is 15.4. The molecule has 6 unspecified atom stereocenters. The molecule has 0 bridgehead atoms. The summed E-state index contributed by atoms with van der Waals surface area (Å²) in [6.07, 6.45) is -19.5. The summed E-state index contributed by atoms with van der Waals surface area (Å²) in [5.41, 5.74) is 1.65. The van der Waals surface area contributed by atoms with Gasteiger partial charge in [0, 0.05) is 38.4 Å². The number of amides is 2. The Bertz CT molecular complexity index is 1590. The summed E-state index contributed by atoms with van der Waals surface area (Å²) < 4.78 is 36.8. The molecule has 2 saturated heterocycles. The van der Waals surface area contributed by atoms with Crippen LogP contribution in [-0.2, 0) is 47.5 Å². The molecule has 2 aromatic rings. The van der Waals surface area contributed by atoms with E-state index in [0.29, 0.717) is 16.7 Å². The number of methoxy groups -OCH3 is 2. The van der Waals surface area contributed by atoms with Crippen LogP contribution >= 0.6 is 0 Å². The SMILES string of the molecule is CO[C@@H]1OC(C(=O)O)[C@@H](OC2O[C@@H](C(=O)O)[C@@H](OC)C(O)C2O)C(O)[C@@H]1OC(=O)NCCOCCNC(=O)C(C)c1cccc(C(=O)c2ccccc2)c1. The molecular formula is C35H44N2O17. The molecule has 2 aliphatic rings. The number of aliphatic carboxylic acids is 2. The lowest BCUT2D eigenvalue weighted by Gasteiger charge is -2.45. The van der Waals surface area contributed by atoms with E-state index < -0.39 is 85.4 Å². The normalized spacial score (nSPS) is 28.7. The lowest BCUT2D eigenvalue weighted by atomic mass is 9.95. The van der Waals surface area contributed by atoms with E-state index in [1.807, 2.05) is 6.07 Å². The smallest absolute Gasteiger partial charge is 0.407 e. The van der Waals surface area contributed by atoms with E-state index in [1.165, 1.54) is 0 Å². The Morgan fingerprint density at radius 3 is 1.96 bits per heavy atom. The number of hydrogen-bond acceptors (Lipinski definition) is 15. The van der Waals surface area contributed by atoms with E-state index in [4.69, 9.17) is 33.2 Å². The van der Waals surface area contributed by atoms with Crippen LogP contribution < -0.4 is 10.6 Å². The standard InChI is InChI=1S/C35H44N2O17/c1-17(19-10-7-11-20(16-19)21(38)18-8-5-4-6-9-18)30(42)36-12-14-50-15-13-37-35(47)54-27-24(41)26(29(32(45)46)53-34(27)49-3)51-33-23(40)22(39)25(48-2)28(52-33)31(43)44/h4-11,16-17,22-29,33-34,39-41H,12-15H2,1-3H3,(H,36,42)(H,37,47)(H,43,44)(H,45,46)/t17?,22?,23?,24?,25-,26-,27-,28+,29?,33?,34+/m0/s1. The van der Waals surface area contributed by atoms with Crippen molar-refractivity contribution in [1.29, 1.82) is 0 Å². The fraction of sp³-hybridized carbons (Fsp3) is 0.514. The molecule has 2 aromatic carbocycles. The van der Waals surface area contributed by atoms with Crippen LogP contribution in [0.1, 0.15) is 34.3 Å². The maximum atomic E-state index is 12.8. The summed E-state index contributed by atoms with van der Waals surface area (Å²) in [6.45, 7) is 1.80. The van der Waals surface area contributed by atoms with Crippen molar-refractivity contribution < 1.29 is 82.7 Å². The van der Waals surface area contributed by atoms with Crippen molar-refractivity contribution >= 4 is 29.7 Å². The average molecular weight is 765 g/mol. The van der Waals surface area contributed by atoms with E-state index in [9.17, 15) is 49.5 Å². The molecule has 2 heterocycles. The predicted octanol–water partition coefficient (Wildman–Crippen LogP) is -1.00. The number of ether oxygens (including phenoxy) is 7. The first-order valence-corrected chi connectivity index (χ1v) is 16.8. The molecule has 7 N–H and O–H groups in total. The number of carbonyl (C=O) groups is 5. The molecule has 0 aliphatic carbocycles. The Labute approximate surface area is 309 Å². The Morgan fingerprint density at radius 1 is 0.722 bits per heavy atom. The van der Waals surface area contributed by atoms with Crippen LogP contribution in [0.2, 0.25) is 0 Å². The number of hydrogen-bond donors (Lipinski definition) is 7. The number of ketones is 1. The lowest BCUT2D eigenvalue weighted by Crippen LogP contribution is -2.66. The summed E-state index contributed by atoms with van der Waals surface area (Å²) in [5, 5.41) is 56.4. The van der Waals surface area contributed by atoms with Gasteiger partial charge in [-0.05, 0) is 18.6 Å². The van der Waals surface area contributed by atoms with Gasteiger partial charge in [0.25, 0.3) is 0 Å². The highest BCUT2D eigenvalue weighted by atomic mass is 16.8. The van der Waals surface area contributed by atoms with E-state index in [-0.39, 0.29) is 38.0 Å². The molecular weight excluding hydrogens is 720 g/mol. The van der Waals surface area contributed by atoms with Crippen molar-refractivity contribution in [2.24, 2.45) is 0 Å². The zero-order valence-corrected chi connectivity index (χ0v) is 29.5. The van der Waals surface area contributed by atoms with Crippen LogP contribution in [0.5, 0.6) is 0 Å². The summed E-state index contributed by atoms with van der Waals surface area (Å²) in [6, 6.07) is 15.6. The van der Waals surface area contributed by atoms with Gasteiger partial charge in [-0.15, -0.1) is 0 Å². The second-order valence-electron chi connectivity index (χ2n) is 12.3. The van der Waals surface area contributed by atoms with E-state index in [2.05, 4.69) is 10.6 Å². The molecule has 2 aliphatic heterocycles. The van der Waals surface area contributed by atoms with Crippen molar-refractivity contribution in [2.45, 2.75) is 74.3 Å². The molecule has 11 atom stereocenters. The van der Waals surface area contributed by atoms with E-state index in [0.717, 1.165) is 14.2 Å². The predicted molar refractivity (Wildman–Crippen MR) is 180 cm³/mol. The van der Waals surface area contributed by atoms with Gasteiger partial charge < -0.3 is 69.3 Å². The quantitative estimate of drug-likeness (QED) is 0.0751. The monoisotopic (exact) mass is 764 g/mol. The number of aliphatic hydroxyl groups excluding tert-OH is 3. The first kappa shape index (κ1) is 42.2. The highest BCUT2D eigenvalue weighted by Crippen LogP contribution is 2.31. The van der Waals surface area contributed by atoms with Crippen LogP contribution in [0.3, 0.4) is 0 Å². The van der Waals surface area contributed by atoms with Crippen molar-refractivity contribution in [3.05, 3.63) is 71.3 Å². The number of carboxylic acid groups (broad SMARTS) is 2. The minimum atomic E-state index is -2.00. The van der Waals surface area contributed by atoms with Gasteiger partial charge in [0.05, 0.1) is 19.1 Å². The number of benzene rings is 2.